The number of amides is 3. The van der Waals surface area contributed by atoms with E-state index >= 15 is 0 Å². The molecule has 1 atom stereocenters. The van der Waals surface area contributed by atoms with Crippen LogP contribution < -0.4 is 21.3 Å². The van der Waals surface area contributed by atoms with Gasteiger partial charge in [0.05, 0.1) is 6.20 Å². The number of carbonyl (C=O) groups excluding carboxylic acids is 2. The van der Waals surface area contributed by atoms with Gasteiger partial charge in [-0.2, -0.15) is 5.10 Å². The number of hydrogen-bond donors (Lipinski definition) is 4. The van der Waals surface area contributed by atoms with Crippen LogP contribution in [0.3, 0.4) is 0 Å². The first-order valence-electron chi connectivity index (χ1n) is 7.09. The predicted molar refractivity (Wildman–Crippen MR) is 88.2 cm³/mol. The Labute approximate surface area is 134 Å². The molecule has 8 heteroatoms. The van der Waals surface area contributed by atoms with Crippen LogP contribution in [0.25, 0.3) is 0 Å². The first-order valence-corrected chi connectivity index (χ1v) is 7.09. The number of nitrogens with zero attached hydrogens (tertiary/aromatic N) is 2. The van der Waals surface area contributed by atoms with Gasteiger partial charge in [-0.3, -0.25) is 9.48 Å². The molecule has 1 unspecified atom stereocenters. The summed E-state index contributed by atoms with van der Waals surface area (Å²) in [7, 11) is 5.04. The third kappa shape index (κ3) is 4.30. The van der Waals surface area contributed by atoms with Crippen LogP contribution in [-0.2, 0) is 11.8 Å². The van der Waals surface area contributed by atoms with E-state index < -0.39 is 6.04 Å². The van der Waals surface area contributed by atoms with E-state index in [4.69, 9.17) is 0 Å². The average Bonchev–Trinajstić information content (AvgIpc) is 2.94. The van der Waals surface area contributed by atoms with Crippen molar-refractivity contribution in [3.05, 3.63) is 42.2 Å². The normalized spacial score (nSPS) is 11.6. The molecule has 0 aliphatic carbocycles. The first kappa shape index (κ1) is 16.5. The molecule has 2 aromatic rings. The summed E-state index contributed by atoms with van der Waals surface area (Å²) < 4.78 is 1.64. The van der Waals surface area contributed by atoms with E-state index in [1.807, 2.05) is 0 Å². The average molecular weight is 316 g/mol. The van der Waals surface area contributed by atoms with Gasteiger partial charge in [0.25, 0.3) is 0 Å². The van der Waals surface area contributed by atoms with Gasteiger partial charge >= 0.3 is 6.03 Å². The molecule has 122 valence electrons. The highest BCUT2D eigenvalue weighted by Gasteiger charge is 2.20. The number of aryl methyl sites for hydroxylation is 1. The highest BCUT2D eigenvalue weighted by Crippen LogP contribution is 2.18. The van der Waals surface area contributed by atoms with Gasteiger partial charge < -0.3 is 21.3 Å². The third-order valence-corrected chi connectivity index (χ3v) is 3.22. The fourth-order valence-electron chi connectivity index (χ4n) is 2.12. The number of urea groups is 1. The van der Waals surface area contributed by atoms with Crippen molar-refractivity contribution in [2.24, 2.45) is 7.05 Å². The Kier molecular flexibility index (Phi) is 5.32. The molecular weight excluding hydrogens is 296 g/mol. The lowest BCUT2D eigenvalue weighted by Crippen LogP contribution is -2.30. The van der Waals surface area contributed by atoms with Crippen molar-refractivity contribution in [3.8, 4) is 0 Å². The fraction of sp³-hybridized carbons (Fsp3) is 0.267. The van der Waals surface area contributed by atoms with Gasteiger partial charge in [0.1, 0.15) is 6.04 Å². The van der Waals surface area contributed by atoms with Gasteiger partial charge in [-0.1, -0.05) is 6.07 Å². The van der Waals surface area contributed by atoms with Crippen molar-refractivity contribution < 1.29 is 9.59 Å². The van der Waals surface area contributed by atoms with Crippen LogP contribution in [0.1, 0.15) is 11.6 Å². The quantitative estimate of drug-likeness (QED) is 0.663. The van der Waals surface area contributed by atoms with Crippen molar-refractivity contribution in [3.63, 3.8) is 0 Å². The zero-order chi connectivity index (χ0) is 16.8. The molecule has 0 aliphatic heterocycles. The molecule has 0 saturated carbocycles. The second-order valence-electron chi connectivity index (χ2n) is 4.94. The van der Waals surface area contributed by atoms with E-state index in [1.54, 1.807) is 55.4 Å². The van der Waals surface area contributed by atoms with Gasteiger partial charge in [0.2, 0.25) is 5.91 Å². The summed E-state index contributed by atoms with van der Waals surface area (Å²) >= 11 is 0. The molecule has 1 aromatic heterocycles. The summed E-state index contributed by atoms with van der Waals surface area (Å²) in [5.74, 6) is -0.211. The number of benzene rings is 1. The molecule has 1 heterocycles. The Balaban J connectivity index is 2.09. The van der Waals surface area contributed by atoms with Gasteiger partial charge in [0.15, 0.2) is 0 Å². The van der Waals surface area contributed by atoms with E-state index in [9.17, 15) is 9.59 Å². The monoisotopic (exact) mass is 316 g/mol. The highest BCUT2D eigenvalue weighted by molar-refractivity contribution is 5.96. The predicted octanol–water partition coefficient (Wildman–Crippen LogP) is 1.07. The van der Waals surface area contributed by atoms with Crippen LogP contribution in [0, 0.1) is 0 Å². The summed E-state index contributed by atoms with van der Waals surface area (Å²) in [6, 6.07) is 6.09. The van der Waals surface area contributed by atoms with Crippen LogP contribution in [-0.4, -0.2) is 35.8 Å². The van der Waals surface area contributed by atoms with E-state index in [-0.39, 0.29) is 11.9 Å². The third-order valence-electron chi connectivity index (χ3n) is 3.22. The number of aromatic nitrogens is 2. The molecular formula is C15H20N6O2. The van der Waals surface area contributed by atoms with Crippen molar-refractivity contribution in [2.75, 3.05) is 24.7 Å². The SMILES string of the molecule is CNC(=O)Nc1cccc(NC(=O)C(NC)c2cnn(C)c2)c1. The maximum absolute atomic E-state index is 12.4. The summed E-state index contributed by atoms with van der Waals surface area (Å²) in [5.41, 5.74) is 1.95. The number of carbonyl (C=O) groups is 2. The van der Waals surface area contributed by atoms with Crippen molar-refractivity contribution in [2.45, 2.75) is 6.04 Å². The van der Waals surface area contributed by atoms with Crippen LogP contribution in [0.15, 0.2) is 36.7 Å². The lowest BCUT2D eigenvalue weighted by molar-refractivity contribution is -0.118. The van der Waals surface area contributed by atoms with Crippen LogP contribution in [0.4, 0.5) is 16.2 Å². The number of likely N-dealkylation sites (N-methyl/N-ethyl adjacent to an activating group) is 1. The van der Waals surface area contributed by atoms with E-state index in [2.05, 4.69) is 26.4 Å². The molecule has 2 rings (SSSR count). The Bertz CT molecular complexity index is 697. The summed E-state index contributed by atoms with van der Waals surface area (Å²) in [5, 5.41) is 15.0. The van der Waals surface area contributed by atoms with E-state index in [0.29, 0.717) is 11.4 Å². The van der Waals surface area contributed by atoms with Gasteiger partial charge in [-0.05, 0) is 25.2 Å². The van der Waals surface area contributed by atoms with Gasteiger partial charge in [-0.15, -0.1) is 0 Å². The van der Waals surface area contributed by atoms with Crippen LogP contribution in [0.5, 0.6) is 0 Å². The first-order chi connectivity index (χ1) is 11.0. The molecule has 0 aliphatic rings. The summed E-state index contributed by atoms with van der Waals surface area (Å²) in [6.45, 7) is 0. The molecule has 0 bridgehead atoms. The topological polar surface area (TPSA) is 100 Å². The van der Waals surface area contributed by atoms with Gasteiger partial charge in [0, 0.05) is 37.2 Å². The largest absolute Gasteiger partial charge is 0.341 e. The van der Waals surface area contributed by atoms with Crippen molar-refractivity contribution >= 4 is 23.3 Å². The van der Waals surface area contributed by atoms with E-state index in [1.165, 1.54) is 7.05 Å². The molecule has 0 saturated heterocycles. The number of hydrogen-bond acceptors (Lipinski definition) is 4. The maximum Gasteiger partial charge on any atom is 0.318 e. The second-order valence-corrected chi connectivity index (χ2v) is 4.94. The smallest absolute Gasteiger partial charge is 0.318 e. The molecule has 0 radical (unpaired) electrons. The Morgan fingerprint density at radius 3 is 2.43 bits per heavy atom. The van der Waals surface area contributed by atoms with Crippen LogP contribution >= 0.6 is 0 Å². The molecule has 1 aromatic carbocycles. The van der Waals surface area contributed by atoms with Crippen molar-refractivity contribution in [1.82, 2.24) is 20.4 Å². The Hall–Kier alpha value is -2.87. The number of nitrogens with one attached hydrogen (secondary N) is 4. The minimum Gasteiger partial charge on any atom is -0.341 e. The fourth-order valence-corrected chi connectivity index (χ4v) is 2.12. The maximum atomic E-state index is 12.4. The molecule has 0 fully saturated rings. The van der Waals surface area contributed by atoms with Gasteiger partial charge in [-0.25, -0.2) is 4.79 Å². The number of anilines is 2. The van der Waals surface area contributed by atoms with Crippen molar-refractivity contribution in [1.29, 1.82) is 0 Å². The zero-order valence-corrected chi connectivity index (χ0v) is 13.3. The minimum atomic E-state index is -0.515. The summed E-state index contributed by atoms with van der Waals surface area (Å²) in [6.07, 6.45) is 3.43. The van der Waals surface area contributed by atoms with E-state index in [0.717, 1.165) is 5.56 Å². The molecule has 23 heavy (non-hydrogen) atoms. The van der Waals surface area contributed by atoms with Crippen LogP contribution in [0.2, 0.25) is 0 Å². The Morgan fingerprint density at radius 1 is 1.17 bits per heavy atom. The summed E-state index contributed by atoms with van der Waals surface area (Å²) in [4.78, 5) is 23.8. The molecule has 0 spiro atoms. The zero-order valence-electron chi connectivity index (χ0n) is 13.3. The second kappa shape index (κ2) is 7.41. The molecule has 8 nitrogen and oxygen atoms in total. The highest BCUT2D eigenvalue weighted by atomic mass is 16.2. The Morgan fingerprint density at radius 2 is 1.87 bits per heavy atom. The minimum absolute atomic E-state index is 0.211. The molecule has 4 N–H and O–H groups in total. The number of rotatable bonds is 5. The standard InChI is InChI=1S/C15H20N6O2/c1-16-13(10-8-18-21(3)9-10)14(22)19-11-5-4-6-12(7-11)20-15(23)17-2/h4-9,13,16H,1-3H3,(H,19,22)(H2,17,20,23). The molecule has 3 amide bonds. The lowest BCUT2D eigenvalue weighted by Gasteiger charge is -2.15. The lowest BCUT2D eigenvalue weighted by atomic mass is 10.1.